The fourth-order valence-electron chi connectivity index (χ4n) is 1.62. The molecule has 1 amide bonds. The Morgan fingerprint density at radius 3 is 2.50 bits per heavy atom. The normalized spacial score (nSPS) is 24.8. The summed E-state index contributed by atoms with van der Waals surface area (Å²) in [5.74, 6) is 0. The number of nitrogens with zero attached hydrogens (tertiary/aromatic N) is 1. The molecular formula is C12H13F2NO3+. The number of hydrogen-bond donors (Lipinski definition) is 0. The maximum Gasteiger partial charge on any atom is 0.572 e. The molecule has 0 spiro atoms. The molecule has 1 radical (unpaired) electrons. The highest BCUT2D eigenvalue weighted by Gasteiger charge is 2.48. The predicted octanol–water partition coefficient (Wildman–Crippen LogP) is 2.08. The number of carbonyl (C=O) groups excluding carboxylic acids is 1. The van der Waals surface area contributed by atoms with E-state index in [-0.39, 0.29) is 19.8 Å². The molecule has 1 heterocycles. The topological polar surface area (TPSA) is 41.4 Å². The SMILES string of the molecule is O=C(OCc1ccccc1)[N+]1C(F)COCC1F. The quantitative estimate of drug-likeness (QED) is 0.601. The molecule has 1 aliphatic heterocycles. The average molecular weight is 257 g/mol. The summed E-state index contributed by atoms with van der Waals surface area (Å²) in [6, 6.07) is 8.91. The van der Waals surface area contributed by atoms with E-state index in [1.807, 2.05) is 6.07 Å². The molecule has 97 valence electrons. The molecule has 1 saturated heterocycles. The van der Waals surface area contributed by atoms with E-state index in [1.165, 1.54) is 0 Å². The molecule has 0 aromatic heterocycles. The van der Waals surface area contributed by atoms with Crippen molar-refractivity contribution < 1.29 is 23.0 Å². The average Bonchev–Trinajstić information content (AvgIpc) is 2.37. The van der Waals surface area contributed by atoms with Crippen LogP contribution in [0.4, 0.5) is 13.6 Å². The van der Waals surface area contributed by atoms with Crippen LogP contribution >= 0.6 is 0 Å². The second-order valence-corrected chi connectivity index (χ2v) is 3.85. The smallest absolute Gasteiger partial charge is 0.411 e. The van der Waals surface area contributed by atoms with Crippen molar-refractivity contribution in [3.8, 4) is 0 Å². The summed E-state index contributed by atoms with van der Waals surface area (Å²) in [6.45, 7) is -0.682. The number of benzene rings is 1. The third kappa shape index (κ3) is 3.02. The monoisotopic (exact) mass is 257 g/mol. The van der Waals surface area contributed by atoms with Gasteiger partial charge in [0.2, 0.25) is 0 Å². The van der Waals surface area contributed by atoms with Gasteiger partial charge in [-0.1, -0.05) is 30.3 Å². The van der Waals surface area contributed by atoms with Gasteiger partial charge in [0.15, 0.2) is 0 Å². The summed E-state index contributed by atoms with van der Waals surface area (Å²) in [4.78, 5) is 12.0. The van der Waals surface area contributed by atoms with Crippen LogP contribution in [0.15, 0.2) is 30.3 Å². The van der Waals surface area contributed by atoms with Crippen molar-refractivity contribution in [2.24, 2.45) is 0 Å². The first-order chi connectivity index (χ1) is 8.68. The van der Waals surface area contributed by atoms with E-state index in [0.29, 0.717) is 4.90 Å². The van der Waals surface area contributed by atoms with Gasteiger partial charge in [-0.3, -0.25) is 0 Å². The van der Waals surface area contributed by atoms with E-state index < -0.39 is 18.7 Å². The van der Waals surface area contributed by atoms with Gasteiger partial charge < -0.3 is 9.47 Å². The van der Waals surface area contributed by atoms with Gasteiger partial charge in [-0.25, -0.2) is 0 Å². The molecule has 6 heteroatoms. The Balaban J connectivity index is 1.91. The van der Waals surface area contributed by atoms with Gasteiger partial charge >= 0.3 is 18.7 Å². The lowest BCUT2D eigenvalue weighted by Crippen LogP contribution is -2.56. The Hall–Kier alpha value is -1.53. The van der Waals surface area contributed by atoms with Crippen LogP contribution in [0.5, 0.6) is 0 Å². The number of morpholine rings is 1. The summed E-state index contributed by atoms with van der Waals surface area (Å²) in [6.07, 6.45) is -4.63. The highest BCUT2D eigenvalue weighted by molar-refractivity contribution is 5.71. The zero-order valence-corrected chi connectivity index (χ0v) is 9.59. The summed E-state index contributed by atoms with van der Waals surface area (Å²) >= 11 is 0. The lowest BCUT2D eigenvalue weighted by atomic mass is 10.2. The molecule has 1 aromatic carbocycles. The number of amides is 1. The molecule has 0 bridgehead atoms. The first-order valence-corrected chi connectivity index (χ1v) is 5.53. The third-order valence-corrected chi connectivity index (χ3v) is 2.53. The van der Waals surface area contributed by atoms with Crippen LogP contribution in [0.1, 0.15) is 5.56 Å². The van der Waals surface area contributed by atoms with E-state index in [2.05, 4.69) is 4.74 Å². The number of halogens is 2. The van der Waals surface area contributed by atoms with Crippen molar-refractivity contribution in [1.29, 1.82) is 0 Å². The molecule has 18 heavy (non-hydrogen) atoms. The minimum atomic E-state index is -1.81. The largest absolute Gasteiger partial charge is 0.572 e. The second kappa shape index (κ2) is 5.88. The highest BCUT2D eigenvalue weighted by Crippen LogP contribution is 2.14. The van der Waals surface area contributed by atoms with Gasteiger partial charge in [0.05, 0.1) is 0 Å². The van der Waals surface area contributed by atoms with Crippen LogP contribution in [0, 0.1) is 0 Å². The number of ether oxygens (including phenoxy) is 2. The molecule has 1 fully saturated rings. The summed E-state index contributed by atoms with van der Waals surface area (Å²) in [5, 5.41) is 0. The van der Waals surface area contributed by atoms with E-state index in [4.69, 9.17) is 4.74 Å². The minimum Gasteiger partial charge on any atom is -0.411 e. The molecule has 1 aliphatic rings. The van der Waals surface area contributed by atoms with E-state index in [9.17, 15) is 13.6 Å². The standard InChI is InChI=1S/C12H13F2NO3/c13-10-7-17-8-11(14)15(10)12(16)18-6-9-4-2-1-3-5-9/h1-5,10-11H,6-8H2/q+1. The van der Waals surface area contributed by atoms with Crippen LogP contribution in [0.2, 0.25) is 0 Å². The Bertz CT molecular complexity index is 392. The molecule has 0 N–H and O–H groups in total. The van der Waals surface area contributed by atoms with Gasteiger partial charge in [-0.05, 0) is 5.56 Å². The highest BCUT2D eigenvalue weighted by atomic mass is 19.2. The van der Waals surface area contributed by atoms with Crippen LogP contribution in [0.25, 0.3) is 0 Å². The van der Waals surface area contributed by atoms with Crippen molar-refractivity contribution in [3.63, 3.8) is 0 Å². The van der Waals surface area contributed by atoms with Crippen molar-refractivity contribution in [2.45, 2.75) is 19.2 Å². The fourth-order valence-corrected chi connectivity index (χ4v) is 1.62. The van der Waals surface area contributed by atoms with E-state index >= 15 is 0 Å². The van der Waals surface area contributed by atoms with Crippen molar-refractivity contribution >= 4 is 6.09 Å². The Morgan fingerprint density at radius 2 is 1.89 bits per heavy atom. The lowest BCUT2D eigenvalue weighted by Gasteiger charge is -2.21. The van der Waals surface area contributed by atoms with Crippen molar-refractivity contribution in [1.82, 2.24) is 4.90 Å². The number of carbonyl (C=O) groups is 1. The molecule has 2 unspecified atom stereocenters. The summed E-state index contributed by atoms with van der Waals surface area (Å²) < 4.78 is 36.2. The first-order valence-electron chi connectivity index (χ1n) is 5.53. The number of hydrogen-bond acceptors (Lipinski definition) is 3. The Morgan fingerprint density at radius 1 is 1.28 bits per heavy atom. The van der Waals surface area contributed by atoms with Gasteiger partial charge in [0, 0.05) is 4.90 Å². The fraction of sp³-hybridized carbons (Fsp3) is 0.417. The Labute approximate surface area is 103 Å². The molecule has 2 atom stereocenters. The molecule has 2 rings (SSSR count). The first kappa shape index (κ1) is 12.9. The van der Waals surface area contributed by atoms with Crippen LogP contribution in [-0.4, -0.2) is 31.9 Å². The maximum atomic E-state index is 13.3. The van der Waals surface area contributed by atoms with Crippen molar-refractivity contribution in [2.75, 3.05) is 13.2 Å². The lowest BCUT2D eigenvalue weighted by molar-refractivity contribution is -0.0823. The predicted molar refractivity (Wildman–Crippen MR) is 59.4 cm³/mol. The van der Waals surface area contributed by atoms with Crippen LogP contribution in [0.3, 0.4) is 0 Å². The van der Waals surface area contributed by atoms with E-state index in [0.717, 1.165) is 5.56 Å². The van der Waals surface area contributed by atoms with Gasteiger partial charge in [0.25, 0.3) is 0 Å². The minimum absolute atomic E-state index is 0.0174. The molecule has 4 nitrogen and oxygen atoms in total. The molecular weight excluding hydrogens is 244 g/mol. The van der Waals surface area contributed by atoms with Gasteiger partial charge in [-0.15, -0.1) is 0 Å². The second-order valence-electron chi connectivity index (χ2n) is 3.85. The van der Waals surface area contributed by atoms with Gasteiger partial charge in [-0.2, -0.15) is 13.6 Å². The molecule has 1 aromatic rings. The summed E-state index contributed by atoms with van der Waals surface area (Å²) in [7, 11) is 0. The molecule has 0 aliphatic carbocycles. The van der Waals surface area contributed by atoms with Gasteiger partial charge in [0.1, 0.15) is 19.8 Å². The van der Waals surface area contributed by atoms with Crippen LogP contribution in [-0.2, 0) is 16.1 Å². The zero-order chi connectivity index (χ0) is 13.0. The Kier molecular flexibility index (Phi) is 4.22. The van der Waals surface area contributed by atoms with Crippen LogP contribution < -0.4 is 4.90 Å². The third-order valence-electron chi connectivity index (χ3n) is 2.53. The number of alkyl halides is 2. The number of rotatable bonds is 2. The molecule has 0 saturated carbocycles. The maximum absolute atomic E-state index is 13.3. The summed E-state index contributed by atoms with van der Waals surface area (Å²) in [5.41, 5.74) is 0.755. The zero-order valence-electron chi connectivity index (χ0n) is 9.59. The van der Waals surface area contributed by atoms with Crippen molar-refractivity contribution in [3.05, 3.63) is 35.9 Å². The van der Waals surface area contributed by atoms with E-state index in [1.54, 1.807) is 24.3 Å².